The van der Waals surface area contributed by atoms with Gasteiger partial charge in [0.15, 0.2) is 0 Å². The molecule has 2 N–H and O–H groups in total. The summed E-state index contributed by atoms with van der Waals surface area (Å²) in [4.78, 5) is 14.9. The number of hydrogen-bond donors (Lipinski definition) is 2. The van der Waals surface area contributed by atoms with Crippen molar-refractivity contribution in [2.45, 2.75) is 19.3 Å². The van der Waals surface area contributed by atoms with Crippen molar-refractivity contribution >= 4 is 28.5 Å². The Hall–Kier alpha value is -1.33. The molecule has 0 aliphatic rings. The molecule has 0 bridgehead atoms. The molecule has 1 atom stereocenters. The molecular formula is C18H16ClFNNaO2. The molecule has 0 fully saturated rings. The molecule has 0 aliphatic carbocycles. The van der Waals surface area contributed by atoms with Gasteiger partial charge in [0.2, 0.25) is 0 Å². The van der Waals surface area contributed by atoms with E-state index in [-0.39, 0.29) is 36.8 Å². The molecule has 2 aromatic carbocycles. The van der Waals surface area contributed by atoms with Gasteiger partial charge in [0.05, 0.1) is 11.6 Å². The summed E-state index contributed by atoms with van der Waals surface area (Å²) in [5.74, 6) is -1.89. The van der Waals surface area contributed by atoms with Gasteiger partial charge < -0.3 is 11.5 Å². The summed E-state index contributed by atoms with van der Waals surface area (Å²) in [5.41, 5.74) is 2.93. The molecule has 24 heavy (non-hydrogen) atoms. The summed E-state index contributed by atoms with van der Waals surface area (Å²) in [7, 11) is 0. The molecule has 1 heterocycles. The summed E-state index contributed by atoms with van der Waals surface area (Å²) in [5, 5.41) is 10.9. The van der Waals surface area contributed by atoms with Gasteiger partial charge >= 0.3 is 35.5 Å². The Labute approximate surface area is 167 Å². The van der Waals surface area contributed by atoms with E-state index in [9.17, 15) is 14.3 Å². The fourth-order valence-electron chi connectivity index (χ4n) is 2.89. The Morgan fingerprint density at radius 1 is 1.29 bits per heavy atom. The smallest absolute Gasteiger partial charge is 1.00 e. The number of aromatic amines is 1. The maximum atomic E-state index is 13.2. The van der Waals surface area contributed by atoms with Gasteiger partial charge in [-0.25, -0.2) is 4.39 Å². The standard InChI is InChI=1S/C18H15ClFNO2.Na.H/c1-2-13(18(22)23)16-14-9-11(19)5-8-15(14)21-17(16)10-3-6-12(20)7-4-10;;/h3-9,13,21H,2H2,1H3,(H,22,23);;/q;+1;-1. The van der Waals surface area contributed by atoms with E-state index in [0.717, 1.165) is 16.5 Å². The second-order valence-corrected chi connectivity index (χ2v) is 5.85. The molecule has 0 saturated carbocycles. The topological polar surface area (TPSA) is 53.1 Å². The van der Waals surface area contributed by atoms with Gasteiger partial charge in [0, 0.05) is 15.9 Å². The second-order valence-electron chi connectivity index (χ2n) is 5.41. The van der Waals surface area contributed by atoms with Crippen LogP contribution in [0.25, 0.3) is 22.2 Å². The average Bonchev–Trinajstić information content (AvgIpc) is 2.87. The quantitative estimate of drug-likeness (QED) is 0.706. The summed E-state index contributed by atoms with van der Waals surface area (Å²) in [6, 6.07) is 11.3. The molecule has 1 unspecified atom stereocenters. The minimum atomic E-state index is -0.892. The van der Waals surface area contributed by atoms with Crippen molar-refractivity contribution in [1.29, 1.82) is 0 Å². The number of H-pyrrole nitrogens is 1. The third-order valence-electron chi connectivity index (χ3n) is 3.99. The summed E-state index contributed by atoms with van der Waals surface area (Å²) in [6.07, 6.45) is 0.447. The predicted molar refractivity (Wildman–Crippen MR) is 90.5 cm³/mol. The fourth-order valence-corrected chi connectivity index (χ4v) is 3.07. The molecule has 0 spiro atoms. The number of carbonyl (C=O) groups is 1. The molecular weight excluding hydrogens is 340 g/mol. The molecule has 3 aromatic rings. The van der Waals surface area contributed by atoms with E-state index >= 15 is 0 Å². The van der Waals surface area contributed by atoms with Crippen LogP contribution in [-0.4, -0.2) is 16.1 Å². The number of aliphatic carboxylic acids is 1. The monoisotopic (exact) mass is 355 g/mol. The number of hydrogen-bond acceptors (Lipinski definition) is 1. The zero-order chi connectivity index (χ0) is 16.6. The minimum absolute atomic E-state index is 0. The Morgan fingerprint density at radius 2 is 1.96 bits per heavy atom. The maximum Gasteiger partial charge on any atom is 1.00 e. The van der Waals surface area contributed by atoms with Crippen molar-refractivity contribution in [3.63, 3.8) is 0 Å². The van der Waals surface area contributed by atoms with Gasteiger partial charge in [-0.1, -0.05) is 18.5 Å². The largest absolute Gasteiger partial charge is 1.00 e. The van der Waals surface area contributed by atoms with Crippen LogP contribution >= 0.6 is 11.6 Å². The van der Waals surface area contributed by atoms with Crippen molar-refractivity contribution < 1.29 is 45.3 Å². The molecule has 120 valence electrons. The fraction of sp³-hybridized carbons (Fsp3) is 0.167. The average molecular weight is 356 g/mol. The Balaban J connectivity index is 0.00000156. The molecule has 6 heteroatoms. The minimum Gasteiger partial charge on any atom is -1.00 e. The number of halogens is 2. The van der Waals surface area contributed by atoms with Crippen LogP contribution in [-0.2, 0) is 4.79 Å². The van der Waals surface area contributed by atoms with Crippen molar-refractivity contribution in [2.75, 3.05) is 0 Å². The van der Waals surface area contributed by atoms with Crippen LogP contribution in [0.2, 0.25) is 5.02 Å². The van der Waals surface area contributed by atoms with Crippen LogP contribution in [0.1, 0.15) is 26.3 Å². The third-order valence-corrected chi connectivity index (χ3v) is 4.22. The van der Waals surface area contributed by atoms with Gasteiger partial charge in [-0.2, -0.15) is 0 Å². The molecule has 0 saturated heterocycles. The number of aromatic nitrogens is 1. The predicted octanol–water partition coefficient (Wildman–Crippen LogP) is 2.32. The summed E-state index contributed by atoms with van der Waals surface area (Å²) >= 11 is 6.08. The zero-order valence-electron chi connectivity index (χ0n) is 14.4. The van der Waals surface area contributed by atoms with Crippen LogP contribution in [0, 0.1) is 5.82 Å². The van der Waals surface area contributed by atoms with Crippen LogP contribution in [0.15, 0.2) is 42.5 Å². The second kappa shape index (κ2) is 7.70. The molecule has 3 nitrogen and oxygen atoms in total. The van der Waals surface area contributed by atoms with E-state index < -0.39 is 11.9 Å². The number of benzene rings is 2. The van der Waals surface area contributed by atoms with E-state index in [1.54, 1.807) is 24.3 Å². The van der Waals surface area contributed by atoms with Gasteiger partial charge in [-0.15, -0.1) is 0 Å². The van der Waals surface area contributed by atoms with Crippen LogP contribution in [0.5, 0.6) is 0 Å². The summed E-state index contributed by atoms with van der Waals surface area (Å²) < 4.78 is 13.2. The van der Waals surface area contributed by atoms with E-state index in [1.165, 1.54) is 12.1 Å². The Bertz CT molecular complexity index is 883. The molecule has 0 amide bonds. The van der Waals surface area contributed by atoms with Crippen molar-refractivity contribution in [2.24, 2.45) is 0 Å². The molecule has 3 rings (SSSR count). The zero-order valence-corrected chi connectivity index (χ0v) is 16.2. The van der Waals surface area contributed by atoms with E-state index in [4.69, 9.17) is 11.6 Å². The number of carboxylic acid groups (broad SMARTS) is 1. The first-order valence-corrected chi connectivity index (χ1v) is 7.69. The number of rotatable bonds is 4. The molecule has 1 aromatic heterocycles. The number of carboxylic acids is 1. The van der Waals surface area contributed by atoms with Crippen LogP contribution < -0.4 is 29.6 Å². The van der Waals surface area contributed by atoms with Crippen LogP contribution in [0.3, 0.4) is 0 Å². The molecule has 0 radical (unpaired) electrons. The van der Waals surface area contributed by atoms with Gasteiger partial charge in [-0.05, 0) is 60.0 Å². The Morgan fingerprint density at radius 3 is 2.54 bits per heavy atom. The first kappa shape index (κ1) is 19.0. The maximum absolute atomic E-state index is 13.2. The van der Waals surface area contributed by atoms with Gasteiger partial charge in [0.1, 0.15) is 5.82 Å². The van der Waals surface area contributed by atoms with Crippen molar-refractivity contribution in [3.8, 4) is 11.3 Å². The van der Waals surface area contributed by atoms with E-state index in [0.29, 0.717) is 22.7 Å². The van der Waals surface area contributed by atoms with Crippen molar-refractivity contribution in [3.05, 3.63) is 58.9 Å². The SMILES string of the molecule is CCC(C(=O)O)c1c(-c2ccc(F)cc2)[nH]c2ccc(Cl)cc12.[H-].[Na+]. The Kier molecular flexibility index (Phi) is 6.10. The number of fused-ring (bicyclic) bond motifs is 1. The molecule has 0 aliphatic heterocycles. The first-order chi connectivity index (χ1) is 11.0. The van der Waals surface area contributed by atoms with Gasteiger partial charge in [-0.3, -0.25) is 4.79 Å². The van der Waals surface area contributed by atoms with E-state index in [2.05, 4.69) is 4.98 Å². The third kappa shape index (κ3) is 3.52. The first-order valence-electron chi connectivity index (χ1n) is 7.31. The number of nitrogens with one attached hydrogen (secondary N) is 1. The van der Waals surface area contributed by atoms with Crippen LogP contribution in [0.4, 0.5) is 4.39 Å². The van der Waals surface area contributed by atoms with Crippen molar-refractivity contribution in [1.82, 2.24) is 4.98 Å². The van der Waals surface area contributed by atoms with Gasteiger partial charge in [0.25, 0.3) is 0 Å². The normalized spacial score (nSPS) is 12.0. The van der Waals surface area contributed by atoms with E-state index in [1.807, 2.05) is 13.0 Å². The summed E-state index contributed by atoms with van der Waals surface area (Å²) in [6.45, 7) is 1.83.